The molecule has 0 aliphatic carbocycles. The van der Waals surface area contributed by atoms with Gasteiger partial charge in [0.2, 0.25) is 0 Å². The zero-order valence-corrected chi connectivity index (χ0v) is 12.1. The van der Waals surface area contributed by atoms with Crippen LogP contribution in [0.2, 0.25) is 5.02 Å². The zero-order chi connectivity index (χ0) is 14.9. The van der Waals surface area contributed by atoms with Crippen LogP contribution in [-0.4, -0.2) is 53.4 Å². The van der Waals surface area contributed by atoms with Gasteiger partial charge in [0.1, 0.15) is 5.02 Å². The molecule has 1 heterocycles. The maximum Gasteiger partial charge on any atom is 0.288 e. The molecular formula is C13H16ClN3O3. The Kier molecular flexibility index (Phi) is 4.25. The van der Waals surface area contributed by atoms with E-state index in [0.29, 0.717) is 13.1 Å². The van der Waals surface area contributed by atoms with Crippen LogP contribution in [0.5, 0.6) is 0 Å². The second-order valence-corrected chi connectivity index (χ2v) is 5.35. The van der Waals surface area contributed by atoms with Crippen molar-refractivity contribution < 1.29 is 9.72 Å². The summed E-state index contributed by atoms with van der Waals surface area (Å²) in [7, 11) is 2.01. The van der Waals surface area contributed by atoms with Gasteiger partial charge in [0.05, 0.1) is 10.5 Å². The van der Waals surface area contributed by atoms with E-state index < -0.39 is 4.92 Å². The molecule has 0 bridgehead atoms. The highest BCUT2D eigenvalue weighted by Gasteiger charge is 2.28. The van der Waals surface area contributed by atoms with E-state index in [1.54, 1.807) is 4.90 Å². The average molecular weight is 298 g/mol. The number of carbonyl (C=O) groups excluding carboxylic acids is 1. The Morgan fingerprint density at radius 2 is 2.15 bits per heavy atom. The van der Waals surface area contributed by atoms with E-state index in [-0.39, 0.29) is 28.2 Å². The van der Waals surface area contributed by atoms with Crippen LogP contribution >= 0.6 is 11.6 Å². The maximum absolute atomic E-state index is 12.4. The van der Waals surface area contributed by atoms with E-state index in [0.717, 1.165) is 6.54 Å². The van der Waals surface area contributed by atoms with Gasteiger partial charge >= 0.3 is 0 Å². The Morgan fingerprint density at radius 1 is 1.45 bits per heavy atom. The predicted molar refractivity (Wildman–Crippen MR) is 76.1 cm³/mol. The molecule has 1 aliphatic rings. The molecule has 0 radical (unpaired) electrons. The topological polar surface area (TPSA) is 66.7 Å². The largest absolute Gasteiger partial charge is 0.336 e. The third kappa shape index (κ3) is 2.76. The summed E-state index contributed by atoms with van der Waals surface area (Å²) in [6.07, 6.45) is 0. The normalized spacial score (nSPS) is 19.9. The Balaban J connectivity index is 2.26. The van der Waals surface area contributed by atoms with Crippen LogP contribution in [0.1, 0.15) is 17.3 Å². The van der Waals surface area contributed by atoms with Gasteiger partial charge in [0, 0.05) is 31.7 Å². The summed E-state index contributed by atoms with van der Waals surface area (Å²) in [5, 5.41) is 10.8. The number of hydrogen-bond donors (Lipinski definition) is 0. The second kappa shape index (κ2) is 5.76. The SMILES string of the molecule is CC1CN(C(=O)c2cccc([N+](=O)[O-])c2Cl)CCN1C. The lowest BCUT2D eigenvalue weighted by molar-refractivity contribution is -0.384. The second-order valence-electron chi connectivity index (χ2n) is 4.98. The number of carbonyl (C=O) groups is 1. The van der Waals surface area contributed by atoms with E-state index >= 15 is 0 Å². The molecule has 0 aromatic heterocycles. The van der Waals surface area contributed by atoms with E-state index in [1.165, 1.54) is 18.2 Å². The summed E-state index contributed by atoms with van der Waals surface area (Å²) in [5.41, 5.74) is -0.0442. The molecule has 1 amide bonds. The number of benzene rings is 1. The number of halogens is 1. The molecule has 0 spiro atoms. The van der Waals surface area contributed by atoms with Crippen LogP contribution in [0.15, 0.2) is 18.2 Å². The summed E-state index contributed by atoms with van der Waals surface area (Å²) in [6.45, 7) is 4.00. The minimum absolute atomic E-state index is 0.0888. The maximum atomic E-state index is 12.4. The Morgan fingerprint density at radius 3 is 2.75 bits per heavy atom. The molecule has 0 N–H and O–H groups in total. The van der Waals surface area contributed by atoms with Crippen LogP contribution < -0.4 is 0 Å². The van der Waals surface area contributed by atoms with Gasteiger partial charge in [0.25, 0.3) is 11.6 Å². The molecule has 1 atom stereocenters. The molecule has 7 heteroatoms. The highest BCUT2D eigenvalue weighted by atomic mass is 35.5. The number of rotatable bonds is 2. The molecule has 1 saturated heterocycles. The van der Waals surface area contributed by atoms with Crippen LogP contribution in [-0.2, 0) is 0 Å². The minimum Gasteiger partial charge on any atom is -0.336 e. The highest BCUT2D eigenvalue weighted by molar-refractivity contribution is 6.35. The predicted octanol–water partition coefficient (Wildman–Crippen LogP) is 2.02. The van der Waals surface area contributed by atoms with Crippen molar-refractivity contribution in [2.45, 2.75) is 13.0 Å². The first-order valence-electron chi connectivity index (χ1n) is 6.34. The smallest absolute Gasteiger partial charge is 0.288 e. The van der Waals surface area contributed by atoms with Crippen LogP contribution in [0.4, 0.5) is 5.69 Å². The zero-order valence-electron chi connectivity index (χ0n) is 11.4. The molecule has 1 unspecified atom stereocenters. The Hall–Kier alpha value is -1.66. The molecule has 6 nitrogen and oxygen atoms in total. The highest BCUT2D eigenvalue weighted by Crippen LogP contribution is 2.29. The molecular weight excluding hydrogens is 282 g/mol. The molecule has 2 rings (SSSR count). The van der Waals surface area contributed by atoms with Gasteiger partial charge in [-0.25, -0.2) is 0 Å². The monoisotopic (exact) mass is 297 g/mol. The number of piperazine rings is 1. The molecule has 108 valence electrons. The summed E-state index contributed by atoms with van der Waals surface area (Å²) in [6, 6.07) is 4.56. The van der Waals surface area contributed by atoms with E-state index in [1.807, 2.05) is 14.0 Å². The van der Waals surface area contributed by atoms with Gasteiger partial charge < -0.3 is 9.80 Å². The fraction of sp³-hybridized carbons (Fsp3) is 0.462. The van der Waals surface area contributed by atoms with Crippen molar-refractivity contribution in [3.8, 4) is 0 Å². The minimum atomic E-state index is -0.578. The summed E-state index contributed by atoms with van der Waals surface area (Å²) in [5.74, 6) is -0.251. The van der Waals surface area contributed by atoms with E-state index in [2.05, 4.69) is 4.90 Å². The van der Waals surface area contributed by atoms with Crippen LogP contribution in [0.3, 0.4) is 0 Å². The van der Waals surface area contributed by atoms with Crippen molar-refractivity contribution in [2.75, 3.05) is 26.7 Å². The first kappa shape index (κ1) is 14.7. The molecule has 1 aromatic rings. The number of nitro groups is 1. The Labute approximate surface area is 122 Å². The van der Waals surface area contributed by atoms with E-state index in [4.69, 9.17) is 11.6 Å². The van der Waals surface area contributed by atoms with Gasteiger partial charge in [0.15, 0.2) is 0 Å². The fourth-order valence-electron chi connectivity index (χ4n) is 2.23. The van der Waals surface area contributed by atoms with Crippen molar-refractivity contribution in [2.24, 2.45) is 0 Å². The number of amides is 1. The van der Waals surface area contributed by atoms with Gasteiger partial charge in [-0.05, 0) is 20.0 Å². The average Bonchev–Trinajstić information content (AvgIpc) is 2.41. The number of likely N-dealkylation sites (N-methyl/N-ethyl adjacent to an activating group) is 1. The van der Waals surface area contributed by atoms with Crippen molar-refractivity contribution in [3.63, 3.8) is 0 Å². The van der Waals surface area contributed by atoms with Crippen LogP contribution in [0, 0.1) is 10.1 Å². The summed E-state index contributed by atoms with van der Waals surface area (Å²) >= 11 is 5.98. The molecule has 1 aromatic carbocycles. The van der Waals surface area contributed by atoms with Gasteiger partial charge in [-0.15, -0.1) is 0 Å². The Bertz CT molecular complexity index is 550. The lowest BCUT2D eigenvalue weighted by Gasteiger charge is -2.37. The van der Waals surface area contributed by atoms with Crippen molar-refractivity contribution in [1.29, 1.82) is 0 Å². The van der Waals surface area contributed by atoms with Crippen molar-refractivity contribution in [1.82, 2.24) is 9.80 Å². The molecule has 0 saturated carbocycles. The van der Waals surface area contributed by atoms with Gasteiger partial charge in [-0.2, -0.15) is 0 Å². The first-order valence-corrected chi connectivity index (χ1v) is 6.72. The summed E-state index contributed by atoms with van der Waals surface area (Å²) in [4.78, 5) is 26.6. The fourth-order valence-corrected chi connectivity index (χ4v) is 2.51. The van der Waals surface area contributed by atoms with Gasteiger partial charge in [-0.1, -0.05) is 17.7 Å². The standard InChI is InChI=1S/C13H16ClN3O3/c1-9-8-16(7-6-15(9)2)13(18)10-4-3-5-11(12(10)14)17(19)20/h3-5,9H,6-8H2,1-2H3. The van der Waals surface area contributed by atoms with Gasteiger partial charge in [-0.3, -0.25) is 14.9 Å². The quantitative estimate of drug-likeness (QED) is 0.619. The molecule has 1 fully saturated rings. The number of nitro benzene ring substituents is 1. The third-order valence-electron chi connectivity index (χ3n) is 3.65. The lowest BCUT2D eigenvalue weighted by Crippen LogP contribution is -2.52. The number of nitrogens with zero attached hydrogens (tertiary/aromatic N) is 3. The molecule has 1 aliphatic heterocycles. The van der Waals surface area contributed by atoms with Crippen LogP contribution in [0.25, 0.3) is 0 Å². The van der Waals surface area contributed by atoms with Crippen molar-refractivity contribution >= 4 is 23.2 Å². The third-order valence-corrected chi connectivity index (χ3v) is 4.05. The lowest BCUT2D eigenvalue weighted by atomic mass is 10.1. The number of hydrogen-bond acceptors (Lipinski definition) is 4. The summed E-state index contributed by atoms with van der Waals surface area (Å²) < 4.78 is 0. The first-order chi connectivity index (χ1) is 9.41. The molecule has 20 heavy (non-hydrogen) atoms. The van der Waals surface area contributed by atoms with E-state index in [9.17, 15) is 14.9 Å². The van der Waals surface area contributed by atoms with Crippen molar-refractivity contribution in [3.05, 3.63) is 38.9 Å².